The van der Waals surface area contributed by atoms with E-state index in [2.05, 4.69) is 53.6 Å². The van der Waals surface area contributed by atoms with Gasteiger partial charge in [-0.15, -0.1) is 0 Å². The molecule has 0 bridgehead atoms. The third-order valence-corrected chi connectivity index (χ3v) is 4.74. The third kappa shape index (κ3) is 6.03. The lowest BCUT2D eigenvalue weighted by Crippen LogP contribution is -2.30. The van der Waals surface area contributed by atoms with Crippen molar-refractivity contribution in [1.29, 1.82) is 5.41 Å². The van der Waals surface area contributed by atoms with Crippen LogP contribution >= 0.6 is 0 Å². The number of aromatic nitrogens is 1. The number of nitrogens with one attached hydrogen (secondary N) is 2. The van der Waals surface area contributed by atoms with Crippen LogP contribution in [-0.2, 0) is 12.8 Å². The van der Waals surface area contributed by atoms with Gasteiger partial charge in [-0.3, -0.25) is 0 Å². The Balaban J connectivity index is 1.42. The topological polar surface area (TPSA) is 74.8 Å². The van der Waals surface area contributed by atoms with Gasteiger partial charge in [-0.2, -0.15) is 0 Å². The van der Waals surface area contributed by atoms with Crippen LogP contribution in [0.1, 0.15) is 24.5 Å². The van der Waals surface area contributed by atoms with Crippen molar-refractivity contribution in [3.8, 4) is 11.3 Å². The number of benzene rings is 2. The standard InChI is InChI=1S/C24H28N4/c1-18(16-22(25)17-20-6-3-2-4-7-20)27-15-14-19-10-12-21(13-11-19)23-8-5-9-24(26)28-23/h2-13,18,25,27H,14-17H2,1H3,(H2,26,28). The average Bonchev–Trinajstić information content (AvgIpc) is 2.69. The van der Waals surface area contributed by atoms with Gasteiger partial charge in [0.1, 0.15) is 5.82 Å². The molecule has 4 nitrogen and oxygen atoms in total. The van der Waals surface area contributed by atoms with Gasteiger partial charge in [0.25, 0.3) is 0 Å². The second-order valence-electron chi connectivity index (χ2n) is 7.22. The van der Waals surface area contributed by atoms with Gasteiger partial charge in [0.15, 0.2) is 0 Å². The van der Waals surface area contributed by atoms with Crippen LogP contribution in [0.4, 0.5) is 5.82 Å². The molecule has 1 heterocycles. The number of hydrogen-bond donors (Lipinski definition) is 3. The summed E-state index contributed by atoms with van der Waals surface area (Å²) in [6, 6.07) is 24.7. The molecule has 0 saturated carbocycles. The van der Waals surface area contributed by atoms with Crippen molar-refractivity contribution in [3.63, 3.8) is 0 Å². The summed E-state index contributed by atoms with van der Waals surface area (Å²) in [6.07, 6.45) is 2.46. The first-order valence-corrected chi connectivity index (χ1v) is 9.75. The number of anilines is 1. The lowest BCUT2D eigenvalue weighted by atomic mass is 10.0. The maximum Gasteiger partial charge on any atom is 0.124 e. The highest BCUT2D eigenvalue weighted by molar-refractivity contribution is 5.84. The third-order valence-electron chi connectivity index (χ3n) is 4.74. The Labute approximate surface area is 167 Å². The molecular formula is C24H28N4. The van der Waals surface area contributed by atoms with Gasteiger partial charge in [0.2, 0.25) is 0 Å². The van der Waals surface area contributed by atoms with E-state index in [4.69, 9.17) is 11.1 Å². The zero-order valence-corrected chi connectivity index (χ0v) is 16.4. The van der Waals surface area contributed by atoms with E-state index < -0.39 is 0 Å². The van der Waals surface area contributed by atoms with Gasteiger partial charge < -0.3 is 16.5 Å². The van der Waals surface area contributed by atoms with Crippen molar-refractivity contribution in [2.75, 3.05) is 12.3 Å². The van der Waals surface area contributed by atoms with Crippen LogP contribution in [0.25, 0.3) is 11.3 Å². The van der Waals surface area contributed by atoms with E-state index in [1.807, 2.05) is 30.3 Å². The number of nitrogens with two attached hydrogens (primary N) is 1. The summed E-state index contributed by atoms with van der Waals surface area (Å²) in [5.41, 5.74) is 11.0. The van der Waals surface area contributed by atoms with Crippen LogP contribution in [0.3, 0.4) is 0 Å². The summed E-state index contributed by atoms with van der Waals surface area (Å²) in [5.74, 6) is 0.539. The predicted octanol–water partition coefficient (Wildman–Crippen LogP) is 4.50. The van der Waals surface area contributed by atoms with Gasteiger partial charge in [-0.1, -0.05) is 60.7 Å². The fourth-order valence-corrected chi connectivity index (χ4v) is 3.27. The fourth-order valence-electron chi connectivity index (χ4n) is 3.27. The number of nitrogens with zero attached hydrogens (tertiary/aromatic N) is 1. The fraction of sp³-hybridized carbons (Fsp3) is 0.250. The Morgan fingerprint density at radius 2 is 1.71 bits per heavy atom. The largest absolute Gasteiger partial charge is 0.384 e. The van der Waals surface area contributed by atoms with Crippen molar-refractivity contribution in [1.82, 2.24) is 10.3 Å². The molecule has 0 aliphatic rings. The van der Waals surface area contributed by atoms with Gasteiger partial charge in [0, 0.05) is 30.2 Å². The van der Waals surface area contributed by atoms with Crippen LogP contribution in [0.15, 0.2) is 72.8 Å². The molecule has 28 heavy (non-hydrogen) atoms. The van der Waals surface area contributed by atoms with Crippen LogP contribution < -0.4 is 11.1 Å². The molecule has 1 atom stereocenters. The second kappa shape index (κ2) is 9.81. The average molecular weight is 373 g/mol. The van der Waals surface area contributed by atoms with E-state index in [0.717, 1.165) is 42.8 Å². The van der Waals surface area contributed by atoms with Crippen molar-refractivity contribution < 1.29 is 0 Å². The Bertz CT molecular complexity index is 888. The van der Waals surface area contributed by atoms with Crippen molar-refractivity contribution >= 4 is 11.5 Å². The molecule has 4 heteroatoms. The first-order chi connectivity index (χ1) is 13.6. The molecule has 2 aromatic carbocycles. The predicted molar refractivity (Wildman–Crippen MR) is 118 cm³/mol. The molecule has 0 amide bonds. The smallest absolute Gasteiger partial charge is 0.124 e. The minimum atomic E-state index is 0.298. The first-order valence-electron chi connectivity index (χ1n) is 9.75. The summed E-state index contributed by atoms with van der Waals surface area (Å²) < 4.78 is 0. The molecule has 3 rings (SSSR count). The molecule has 0 fully saturated rings. The number of hydrogen-bond acceptors (Lipinski definition) is 4. The number of nitrogen functional groups attached to an aromatic ring is 1. The van der Waals surface area contributed by atoms with Crippen LogP contribution in [0.5, 0.6) is 0 Å². The molecule has 1 unspecified atom stereocenters. The Morgan fingerprint density at radius 1 is 0.964 bits per heavy atom. The van der Waals surface area contributed by atoms with E-state index in [1.165, 1.54) is 11.1 Å². The van der Waals surface area contributed by atoms with E-state index in [9.17, 15) is 0 Å². The molecule has 0 radical (unpaired) electrons. The van der Waals surface area contributed by atoms with Crippen molar-refractivity contribution in [3.05, 3.63) is 83.9 Å². The summed E-state index contributed by atoms with van der Waals surface area (Å²) in [6.45, 7) is 3.05. The molecule has 4 N–H and O–H groups in total. The number of pyridine rings is 1. The zero-order valence-electron chi connectivity index (χ0n) is 16.4. The van der Waals surface area contributed by atoms with Crippen LogP contribution in [0, 0.1) is 5.41 Å². The molecule has 0 aliphatic heterocycles. The van der Waals surface area contributed by atoms with Gasteiger partial charge in [-0.05, 0) is 43.1 Å². The van der Waals surface area contributed by atoms with Crippen LogP contribution in [-0.4, -0.2) is 23.3 Å². The minimum Gasteiger partial charge on any atom is -0.384 e. The minimum absolute atomic E-state index is 0.298. The molecule has 3 aromatic rings. The highest BCUT2D eigenvalue weighted by Crippen LogP contribution is 2.18. The molecular weight excluding hydrogens is 344 g/mol. The molecule has 144 valence electrons. The van der Waals surface area contributed by atoms with Gasteiger partial charge in [0.05, 0.1) is 5.69 Å². The van der Waals surface area contributed by atoms with Gasteiger partial charge >= 0.3 is 0 Å². The summed E-state index contributed by atoms with van der Waals surface area (Å²) in [5, 5.41) is 11.8. The Kier molecular flexibility index (Phi) is 6.93. The normalized spacial score (nSPS) is 11.9. The van der Waals surface area contributed by atoms with E-state index in [-0.39, 0.29) is 0 Å². The highest BCUT2D eigenvalue weighted by atomic mass is 14.9. The molecule has 1 aromatic heterocycles. The SMILES string of the molecule is CC(CC(=N)Cc1ccccc1)NCCc1ccc(-c2cccc(N)n2)cc1. The van der Waals surface area contributed by atoms with Crippen molar-refractivity contribution in [2.24, 2.45) is 0 Å². The Morgan fingerprint density at radius 3 is 2.43 bits per heavy atom. The lowest BCUT2D eigenvalue weighted by Gasteiger charge is -2.15. The lowest BCUT2D eigenvalue weighted by molar-refractivity contribution is 0.563. The number of rotatable bonds is 9. The summed E-state index contributed by atoms with van der Waals surface area (Å²) >= 11 is 0. The zero-order chi connectivity index (χ0) is 19.8. The van der Waals surface area contributed by atoms with E-state index in [0.29, 0.717) is 11.9 Å². The molecule has 0 spiro atoms. The summed E-state index contributed by atoms with van der Waals surface area (Å²) in [4.78, 5) is 4.36. The first kappa shape index (κ1) is 19.8. The maximum atomic E-state index is 8.22. The highest BCUT2D eigenvalue weighted by Gasteiger charge is 2.07. The maximum absolute atomic E-state index is 8.22. The monoisotopic (exact) mass is 372 g/mol. The second-order valence-corrected chi connectivity index (χ2v) is 7.22. The summed E-state index contributed by atoms with van der Waals surface area (Å²) in [7, 11) is 0. The quantitative estimate of drug-likeness (QED) is 0.484. The molecule has 0 aliphatic carbocycles. The van der Waals surface area contributed by atoms with E-state index >= 15 is 0 Å². The van der Waals surface area contributed by atoms with Gasteiger partial charge in [-0.25, -0.2) is 4.98 Å². The molecule has 0 saturated heterocycles. The van der Waals surface area contributed by atoms with Crippen molar-refractivity contribution in [2.45, 2.75) is 32.2 Å². The Hall–Kier alpha value is -2.98. The van der Waals surface area contributed by atoms with Crippen LogP contribution in [0.2, 0.25) is 0 Å². The van der Waals surface area contributed by atoms with E-state index in [1.54, 1.807) is 6.07 Å².